The number of nitrogens with zero attached hydrogens (tertiary/aromatic N) is 1. The van der Waals surface area contributed by atoms with Gasteiger partial charge in [-0.1, -0.05) is 18.2 Å². The fraction of sp³-hybridized carbons (Fsp3) is 0.200. The lowest BCUT2D eigenvalue weighted by Gasteiger charge is -2.10. The summed E-state index contributed by atoms with van der Waals surface area (Å²) >= 11 is 0. The molecule has 5 nitrogen and oxygen atoms in total. The second kappa shape index (κ2) is 8.15. The van der Waals surface area contributed by atoms with E-state index < -0.39 is 0 Å². The van der Waals surface area contributed by atoms with Crippen molar-refractivity contribution >= 4 is 11.6 Å². The summed E-state index contributed by atoms with van der Waals surface area (Å²) in [6.07, 6.45) is 4.08. The molecule has 0 spiro atoms. The number of hydrogen-bond acceptors (Lipinski definition) is 4. The smallest absolute Gasteiger partial charge is 0.224 e. The van der Waals surface area contributed by atoms with Crippen molar-refractivity contribution in [1.29, 1.82) is 0 Å². The maximum atomic E-state index is 12.2. The van der Waals surface area contributed by atoms with Gasteiger partial charge >= 0.3 is 0 Å². The number of anilines is 1. The zero-order chi connectivity index (χ0) is 17.5. The maximum absolute atomic E-state index is 12.2. The van der Waals surface area contributed by atoms with E-state index in [-0.39, 0.29) is 5.91 Å². The minimum atomic E-state index is -0.0290. The largest absolute Gasteiger partial charge is 0.494 e. The quantitative estimate of drug-likeness (QED) is 0.698. The third kappa shape index (κ3) is 4.47. The van der Waals surface area contributed by atoms with Crippen molar-refractivity contribution in [3.05, 3.63) is 66.7 Å². The molecule has 0 aliphatic rings. The normalized spacial score (nSPS) is 10.4. The molecule has 3 aromatic rings. The average Bonchev–Trinajstić information content (AvgIpc) is 3.17. The highest BCUT2D eigenvalue weighted by atomic mass is 16.5. The minimum absolute atomic E-state index is 0.0290. The van der Waals surface area contributed by atoms with E-state index in [0.717, 1.165) is 22.6 Å². The molecule has 0 aliphatic heterocycles. The lowest BCUT2D eigenvalue weighted by Crippen LogP contribution is -2.12. The van der Waals surface area contributed by atoms with Gasteiger partial charge in [0.25, 0.3) is 0 Å². The predicted octanol–water partition coefficient (Wildman–Crippen LogP) is 4.31. The number of aryl methyl sites for hydroxylation is 1. The van der Waals surface area contributed by atoms with Gasteiger partial charge in [-0.3, -0.25) is 4.79 Å². The summed E-state index contributed by atoms with van der Waals surface area (Å²) in [5.74, 6) is 1.51. The van der Waals surface area contributed by atoms with Crippen molar-refractivity contribution in [2.45, 2.75) is 19.8 Å². The minimum Gasteiger partial charge on any atom is -0.494 e. The number of hydrogen-bond donors (Lipinski definition) is 1. The Labute approximate surface area is 146 Å². The summed E-state index contributed by atoms with van der Waals surface area (Å²) < 4.78 is 10.8. The Morgan fingerprint density at radius 2 is 1.96 bits per heavy atom. The summed E-state index contributed by atoms with van der Waals surface area (Å²) in [4.78, 5) is 16.1. The SMILES string of the molecule is CCOc1ccccc1CCC(=O)Nc1ccc(-c2cnco2)cc1. The Hall–Kier alpha value is -3.08. The third-order valence-corrected chi connectivity index (χ3v) is 3.78. The fourth-order valence-electron chi connectivity index (χ4n) is 2.55. The Morgan fingerprint density at radius 1 is 1.16 bits per heavy atom. The molecule has 128 valence electrons. The summed E-state index contributed by atoms with van der Waals surface area (Å²) in [5.41, 5.74) is 2.72. The van der Waals surface area contributed by atoms with Crippen molar-refractivity contribution in [1.82, 2.24) is 4.98 Å². The van der Waals surface area contributed by atoms with E-state index in [0.29, 0.717) is 25.2 Å². The zero-order valence-electron chi connectivity index (χ0n) is 14.1. The molecule has 1 amide bonds. The van der Waals surface area contributed by atoms with Crippen molar-refractivity contribution in [2.75, 3.05) is 11.9 Å². The van der Waals surface area contributed by atoms with E-state index >= 15 is 0 Å². The van der Waals surface area contributed by atoms with Crippen molar-refractivity contribution in [3.63, 3.8) is 0 Å². The lowest BCUT2D eigenvalue weighted by molar-refractivity contribution is -0.116. The van der Waals surface area contributed by atoms with Gasteiger partial charge in [0.15, 0.2) is 12.2 Å². The van der Waals surface area contributed by atoms with Crippen LogP contribution in [0.5, 0.6) is 5.75 Å². The molecule has 25 heavy (non-hydrogen) atoms. The van der Waals surface area contributed by atoms with Gasteiger partial charge in [-0.15, -0.1) is 0 Å². The number of amides is 1. The van der Waals surface area contributed by atoms with E-state index in [2.05, 4.69) is 10.3 Å². The molecule has 0 atom stereocenters. The molecule has 0 radical (unpaired) electrons. The Kier molecular flexibility index (Phi) is 5.46. The molecular formula is C20H20N2O3. The van der Waals surface area contributed by atoms with Crippen molar-refractivity contribution in [3.8, 4) is 17.1 Å². The molecule has 0 aliphatic carbocycles. The summed E-state index contributed by atoms with van der Waals surface area (Å²) in [5, 5.41) is 2.91. The summed E-state index contributed by atoms with van der Waals surface area (Å²) in [6.45, 7) is 2.56. The topological polar surface area (TPSA) is 64.4 Å². The zero-order valence-corrected chi connectivity index (χ0v) is 14.1. The first-order valence-electron chi connectivity index (χ1n) is 8.25. The molecule has 1 heterocycles. The highest BCUT2D eigenvalue weighted by molar-refractivity contribution is 5.91. The molecule has 0 fully saturated rings. The van der Waals surface area contributed by atoms with Crippen LogP contribution in [0.3, 0.4) is 0 Å². The van der Waals surface area contributed by atoms with E-state index in [1.54, 1.807) is 6.20 Å². The number of para-hydroxylation sites is 1. The molecule has 5 heteroatoms. The molecule has 0 saturated heterocycles. The maximum Gasteiger partial charge on any atom is 0.224 e. The first kappa shape index (κ1) is 16.8. The van der Waals surface area contributed by atoms with Crippen LogP contribution in [0, 0.1) is 0 Å². The number of aromatic nitrogens is 1. The third-order valence-electron chi connectivity index (χ3n) is 3.78. The first-order chi connectivity index (χ1) is 12.3. The monoisotopic (exact) mass is 336 g/mol. The van der Waals surface area contributed by atoms with E-state index in [4.69, 9.17) is 9.15 Å². The lowest BCUT2D eigenvalue weighted by atomic mass is 10.1. The van der Waals surface area contributed by atoms with Gasteiger partial charge in [-0.25, -0.2) is 4.98 Å². The van der Waals surface area contributed by atoms with Crippen LogP contribution in [0.15, 0.2) is 65.5 Å². The van der Waals surface area contributed by atoms with Crippen LogP contribution in [0.1, 0.15) is 18.9 Å². The molecule has 1 aromatic heterocycles. The standard InChI is InChI=1S/C20H20N2O3/c1-2-24-18-6-4-3-5-15(18)9-12-20(23)22-17-10-7-16(8-11-17)19-13-21-14-25-19/h3-8,10-11,13-14H,2,9,12H2,1H3,(H,22,23). The van der Waals surface area contributed by atoms with Gasteiger partial charge in [-0.2, -0.15) is 0 Å². The van der Waals surface area contributed by atoms with Gasteiger partial charge in [0.05, 0.1) is 12.8 Å². The van der Waals surface area contributed by atoms with Gasteiger partial charge in [-0.05, 0) is 49.2 Å². The van der Waals surface area contributed by atoms with E-state index in [1.807, 2.05) is 55.5 Å². The van der Waals surface area contributed by atoms with Gasteiger partial charge in [0, 0.05) is 17.7 Å². The van der Waals surface area contributed by atoms with Crippen LogP contribution in [0.25, 0.3) is 11.3 Å². The molecular weight excluding hydrogens is 316 g/mol. The highest BCUT2D eigenvalue weighted by Crippen LogP contribution is 2.22. The van der Waals surface area contributed by atoms with Crippen LogP contribution in [0.2, 0.25) is 0 Å². The number of rotatable bonds is 7. The predicted molar refractivity (Wildman–Crippen MR) is 96.5 cm³/mol. The van der Waals surface area contributed by atoms with Crippen LogP contribution in [-0.2, 0) is 11.2 Å². The molecule has 0 saturated carbocycles. The molecule has 2 aromatic carbocycles. The van der Waals surface area contributed by atoms with Crippen molar-refractivity contribution < 1.29 is 13.9 Å². The van der Waals surface area contributed by atoms with Crippen LogP contribution in [-0.4, -0.2) is 17.5 Å². The number of nitrogens with one attached hydrogen (secondary N) is 1. The highest BCUT2D eigenvalue weighted by Gasteiger charge is 2.08. The Bertz CT molecular complexity index is 811. The molecule has 0 unspecified atom stereocenters. The number of carbonyl (C=O) groups is 1. The van der Waals surface area contributed by atoms with Crippen LogP contribution >= 0.6 is 0 Å². The summed E-state index contributed by atoms with van der Waals surface area (Å²) in [6, 6.07) is 15.3. The Balaban J connectivity index is 1.56. The molecule has 1 N–H and O–H groups in total. The fourth-order valence-corrected chi connectivity index (χ4v) is 2.55. The number of benzene rings is 2. The van der Waals surface area contributed by atoms with Crippen LogP contribution < -0.4 is 10.1 Å². The molecule has 0 bridgehead atoms. The van der Waals surface area contributed by atoms with Gasteiger partial charge < -0.3 is 14.5 Å². The number of carbonyl (C=O) groups excluding carboxylic acids is 1. The molecule has 3 rings (SSSR count). The average molecular weight is 336 g/mol. The van der Waals surface area contributed by atoms with Gasteiger partial charge in [0.1, 0.15) is 5.75 Å². The first-order valence-corrected chi connectivity index (χ1v) is 8.25. The van der Waals surface area contributed by atoms with E-state index in [9.17, 15) is 4.79 Å². The summed E-state index contributed by atoms with van der Waals surface area (Å²) in [7, 11) is 0. The Morgan fingerprint density at radius 3 is 2.68 bits per heavy atom. The number of ether oxygens (including phenoxy) is 1. The van der Waals surface area contributed by atoms with Gasteiger partial charge in [0.2, 0.25) is 5.91 Å². The van der Waals surface area contributed by atoms with Crippen molar-refractivity contribution in [2.24, 2.45) is 0 Å². The number of oxazole rings is 1. The second-order valence-corrected chi connectivity index (χ2v) is 5.53. The van der Waals surface area contributed by atoms with E-state index in [1.165, 1.54) is 6.39 Å². The van der Waals surface area contributed by atoms with Crippen LogP contribution in [0.4, 0.5) is 5.69 Å². The second-order valence-electron chi connectivity index (χ2n) is 5.53.